The average molecular weight is 510 g/mol. The molecule has 1 N–H and O–H groups in total. The first-order chi connectivity index (χ1) is 17.4. The van der Waals surface area contributed by atoms with Gasteiger partial charge >= 0.3 is 29.6 Å². The summed E-state index contributed by atoms with van der Waals surface area (Å²) in [4.78, 5) is 17.3. The van der Waals surface area contributed by atoms with Crippen molar-refractivity contribution in [2.75, 3.05) is 14.2 Å². The third-order valence-corrected chi connectivity index (χ3v) is 5.65. The number of rotatable bonds is 5. The quantitative estimate of drug-likeness (QED) is 0.365. The zero-order valence-corrected chi connectivity index (χ0v) is 23.3. The first kappa shape index (κ1) is 28.3. The van der Waals surface area contributed by atoms with E-state index in [0.29, 0.717) is 39.6 Å². The van der Waals surface area contributed by atoms with E-state index < -0.39 is 0 Å². The molecule has 37 heavy (non-hydrogen) atoms. The van der Waals surface area contributed by atoms with Crippen LogP contribution in [-0.4, -0.2) is 30.2 Å². The van der Waals surface area contributed by atoms with Crippen molar-refractivity contribution in [1.82, 2.24) is 15.5 Å². The molecular formula is C28H25FN3NaO4. The molecule has 0 bridgehead atoms. The van der Waals surface area contributed by atoms with Crippen LogP contribution in [0.2, 0.25) is 0 Å². The van der Waals surface area contributed by atoms with Crippen LogP contribution in [0, 0.1) is 5.82 Å². The Morgan fingerprint density at radius 2 is 1.59 bits per heavy atom. The van der Waals surface area contributed by atoms with Crippen LogP contribution < -0.4 is 40.0 Å². The molecular weight excluding hydrogens is 484 g/mol. The van der Waals surface area contributed by atoms with Crippen LogP contribution in [0.15, 0.2) is 75.7 Å². The molecule has 5 aromatic rings. The van der Waals surface area contributed by atoms with E-state index in [1.54, 1.807) is 19.2 Å². The second kappa shape index (κ2) is 12.3. The minimum Gasteiger partial charge on any atom is -0.857 e. The average Bonchev–Trinajstić information content (AvgIpc) is 3.55. The van der Waals surface area contributed by atoms with Gasteiger partial charge in [-0.15, -0.1) is 0 Å². The van der Waals surface area contributed by atoms with Crippen molar-refractivity contribution in [3.05, 3.63) is 83.9 Å². The van der Waals surface area contributed by atoms with Gasteiger partial charge in [0, 0.05) is 29.5 Å². The zero-order chi connectivity index (χ0) is 25.8. The van der Waals surface area contributed by atoms with Crippen molar-refractivity contribution in [2.45, 2.75) is 19.8 Å². The summed E-state index contributed by atoms with van der Waals surface area (Å²) in [5.74, 6) is 1.04. The first-order valence-corrected chi connectivity index (χ1v) is 11.3. The summed E-state index contributed by atoms with van der Waals surface area (Å²) in [6.45, 7) is 4.02. The molecule has 0 radical (unpaired) electrons. The normalized spacial score (nSPS) is 10.6. The number of fused-ring (bicyclic) bond motifs is 1. The van der Waals surface area contributed by atoms with E-state index in [1.165, 1.54) is 12.1 Å². The Balaban J connectivity index is 0.00000124. The van der Waals surface area contributed by atoms with E-state index in [9.17, 15) is 9.18 Å². The molecule has 0 aliphatic rings. The van der Waals surface area contributed by atoms with Crippen LogP contribution >= 0.6 is 0 Å². The van der Waals surface area contributed by atoms with E-state index in [-0.39, 0.29) is 47.2 Å². The molecule has 0 fully saturated rings. The Kier molecular flexibility index (Phi) is 9.39. The van der Waals surface area contributed by atoms with Gasteiger partial charge in [-0.3, -0.25) is 4.79 Å². The van der Waals surface area contributed by atoms with Gasteiger partial charge < -0.3 is 19.4 Å². The van der Waals surface area contributed by atoms with Gasteiger partial charge in [0.1, 0.15) is 17.2 Å². The Morgan fingerprint density at radius 1 is 0.946 bits per heavy atom. The van der Waals surface area contributed by atoms with Crippen LogP contribution in [-0.2, 0) is 0 Å². The number of benzene rings is 3. The van der Waals surface area contributed by atoms with Gasteiger partial charge in [-0.1, -0.05) is 37.2 Å². The van der Waals surface area contributed by atoms with Crippen molar-refractivity contribution in [1.29, 1.82) is 0 Å². The molecule has 5 rings (SSSR count). The predicted molar refractivity (Wildman–Crippen MR) is 134 cm³/mol. The van der Waals surface area contributed by atoms with Crippen molar-refractivity contribution in [2.24, 2.45) is 0 Å². The van der Waals surface area contributed by atoms with E-state index in [0.717, 1.165) is 23.8 Å². The molecule has 0 saturated heterocycles. The summed E-state index contributed by atoms with van der Waals surface area (Å²) in [5.41, 5.74) is 4.22. The van der Waals surface area contributed by atoms with E-state index in [1.807, 2.05) is 56.3 Å². The number of halogens is 1. The maximum Gasteiger partial charge on any atom is 1.00 e. The van der Waals surface area contributed by atoms with Gasteiger partial charge in [-0.2, -0.15) is 12.1 Å². The SMILES string of the molecule is CNC(=O)c1c(-c2ccc(F)cc2)oc2ccc(-c3cccc(-c4nc(C(C)C)no4)c3)cc12.C[O-].[Na+]. The second-order valence-corrected chi connectivity index (χ2v) is 8.30. The number of hydrogen-bond acceptors (Lipinski definition) is 6. The summed E-state index contributed by atoms with van der Waals surface area (Å²) in [6, 6.07) is 19.4. The molecule has 1 amide bonds. The number of amides is 1. The maximum atomic E-state index is 13.4. The summed E-state index contributed by atoms with van der Waals surface area (Å²) >= 11 is 0. The fraction of sp³-hybridized carbons (Fsp3) is 0.179. The summed E-state index contributed by atoms with van der Waals surface area (Å²) in [5, 5.41) is 15.6. The van der Waals surface area contributed by atoms with Crippen LogP contribution in [0.4, 0.5) is 4.39 Å². The van der Waals surface area contributed by atoms with Crippen molar-refractivity contribution >= 4 is 16.9 Å². The molecule has 3 aromatic carbocycles. The fourth-order valence-electron chi connectivity index (χ4n) is 3.85. The summed E-state index contributed by atoms with van der Waals surface area (Å²) < 4.78 is 24.9. The Morgan fingerprint density at radius 3 is 2.24 bits per heavy atom. The number of furan rings is 1. The standard InChI is InChI=1S/C27H22FN3O3.CH3O.Na/c1-15(2)25-30-27(34-31-25)19-6-4-5-17(13-19)18-9-12-22-21(14-18)23(26(32)29-3)24(33-22)16-7-10-20(28)11-8-16;1-2;/h4-15H,1-3H3,(H,29,32);1H3;/q;-1;+1. The molecule has 2 aromatic heterocycles. The minimum atomic E-state index is -0.356. The van der Waals surface area contributed by atoms with Crippen molar-refractivity contribution in [3.63, 3.8) is 0 Å². The van der Waals surface area contributed by atoms with Gasteiger partial charge in [0.15, 0.2) is 5.82 Å². The largest absolute Gasteiger partial charge is 1.00 e. The van der Waals surface area contributed by atoms with Gasteiger partial charge in [-0.25, -0.2) is 4.39 Å². The number of hydrogen-bond donors (Lipinski definition) is 1. The number of carbonyl (C=O) groups is 1. The maximum absolute atomic E-state index is 13.4. The Labute approximate surface area is 236 Å². The molecule has 0 spiro atoms. The fourth-order valence-corrected chi connectivity index (χ4v) is 3.85. The van der Waals surface area contributed by atoms with Gasteiger partial charge in [0.25, 0.3) is 11.8 Å². The van der Waals surface area contributed by atoms with E-state index in [2.05, 4.69) is 15.5 Å². The minimum absolute atomic E-state index is 0. The molecule has 0 unspecified atom stereocenters. The molecule has 184 valence electrons. The van der Waals surface area contributed by atoms with Crippen LogP contribution in [0.5, 0.6) is 0 Å². The first-order valence-electron chi connectivity index (χ1n) is 11.3. The van der Waals surface area contributed by atoms with Crippen LogP contribution in [0.25, 0.3) is 44.9 Å². The van der Waals surface area contributed by atoms with E-state index in [4.69, 9.17) is 14.0 Å². The van der Waals surface area contributed by atoms with Crippen molar-refractivity contribution < 1.29 is 52.8 Å². The smallest absolute Gasteiger partial charge is 0.857 e. The van der Waals surface area contributed by atoms with Crippen LogP contribution in [0.1, 0.15) is 35.9 Å². The van der Waals surface area contributed by atoms with Crippen molar-refractivity contribution in [3.8, 4) is 33.9 Å². The summed E-state index contributed by atoms with van der Waals surface area (Å²) in [6.07, 6.45) is 0. The molecule has 0 aliphatic heterocycles. The van der Waals surface area contributed by atoms with Gasteiger partial charge in [-0.05, 0) is 59.7 Å². The number of aromatic nitrogens is 2. The number of nitrogens with zero attached hydrogens (tertiary/aromatic N) is 2. The van der Waals surface area contributed by atoms with E-state index >= 15 is 0 Å². The summed E-state index contributed by atoms with van der Waals surface area (Å²) in [7, 11) is 2.32. The van der Waals surface area contributed by atoms with Gasteiger partial charge in [0.05, 0.1) is 5.56 Å². The molecule has 0 aliphatic carbocycles. The monoisotopic (exact) mass is 509 g/mol. The zero-order valence-electron chi connectivity index (χ0n) is 21.3. The topological polar surface area (TPSA) is 104 Å². The van der Waals surface area contributed by atoms with Crippen LogP contribution in [0.3, 0.4) is 0 Å². The van der Waals surface area contributed by atoms with Gasteiger partial charge in [0.2, 0.25) is 0 Å². The Bertz CT molecular complexity index is 1510. The molecule has 7 nitrogen and oxygen atoms in total. The Hall–Kier alpha value is -3.30. The third-order valence-electron chi connectivity index (χ3n) is 5.65. The predicted octanol–water partition coefficient (Wildman–Crippen LogP) is 2.42. The second-order valence-electron chi connectivity index (χ2n) is 8.30. The number of nitrogens with one attached hydrogen (secondary N) is 1. The number of carbonyl (C=O) groups excluding carboxylic acids is 1. The molecule has 0 saturated carbocycles. The molecule has 9 heteroatoms. The molecule has 2 heterocycles. The molecule has 0 atom stereocenters. The third kappa shape index (κ3) is 5.83.